The third-order valence-electron chi connectivity index (χ3n) is 8.25. The fourth-order valence-corrected chi connectivity index (χ4v) is 6.96. The van der Waals surface area contributed by atoms with Crippen LogP contribution in [0, 0.1) is 11.8 Å². The topological polar surface area (TPSA) is 95.1 Å². The Morgan fingerprint density at radius 3 is 2.55 bits per heavy atom. The number of carbonyl (C=O) groups excluding carboxylic acids is 3. The summed E-state index contributed by atoms with van der Waals surface area (Å²) in [6, 6.07) is 6.15. The molecule has 0 aliphatic carbocycles. The number of carbonyl (C=O) groups is 3. The van der Waals surface area contributed by atoms with Gasteiger partial charge in [0.15, 0.2) is 10.9 Å². The lowest BCUT2D eigenvalue weighted by molar-refractivity contribution is -0.138. The second kappa shape index (κ2) is 12.4. The quantitative estimate of drug-likeness (QED) is 0.497. The molecule has 2 amide bonds. The van der Waals surface area contributed by atoms with Crippen LogP contribution in [0.4, 0.5) is 5.13 Å². The number of ketones is 1. The van der Waals surface area contributed by atoms with Crippen molar-refractivity contribution < 1.29 is 19.1 Å². The molecule has 3 aliphatic heterocycles. The van der Waals surface area contributed by atoms with E-state index in [0.29, 0.717) is 18.5 Å². The molecule has 2 aromatic rings. The van der Waals surface area contributed by atoms with Crippen LogP contribution in [0.25, 0.3) is 11.3 Å². The van der Waals surface area contributed by atoms with Crippen LogP contribution in [-0.4, -0.2) is 96.9 Å². The van der Waals surface area contributed by atoms with Crippen LogP contribution in [0.2, 0.25) is 0 Å². The Labute approximate surface area is 240 Å². The standard InChI is InChI=1S/C30H41N5O4S/c1-5-6-22-16-35(26-25(36)17-39-27(22)26)29(38)23(15-19(2)3)31-28(37)21-9-7-20(8-10-21)24-18-40-30(32-24)34-13-11-33(4)12-14-34/h7-10,18-19,22-23,26-27H,5-6,11-17H2,1-4H3,(H,31,37)/t22-,23+,26-,27-/m1/s1. The van der Waals surface area contributed by atoms with Crippen molar-refractivity contribution in [3.05, 3.63) is 35.2 Å². The van der Waals surface area contributed by atoms with Gasteiger partial charge in [-0.2, -0.15) is 0 Å². The molecular weight excluding hydrogens is 526 g/mol. The van der Waals surface area contributed by atoms with Gasteiger partial charge in [0.1, 0.15) is 18.7 Å². The third-order valence-corrected chi connectivity index (χ3v) is 9.15. The molecule has 3 aliphatic rings. The maximum atomic E-state index is 13.8. The Bertz CT molecular complexity index is 1210. The van der Waals surface area contributed by atoms with Gasteiger partial charge in [-0.1, -0.05) is 39.3 Å². The number of Topliss-reactive ketones (excluding diaryl/α,β-unsaturated/α-hetero) is 1. The molecule has 1 N–H and O–H groups in total. The molecule has 9 nitrogen and oxygen atoms in total. The van der Waals surface area contributed by atoms with Crippen LogP contribution < -0.4 is 10.2 Å². The van der Waals surface area contributed by atoms with Crippen molar-refractivity contribution in [3.8, 4) is 11.3 Å². The Balaban J connectivity index is 1.26. The van der Waals surface area contributed by atoms with Crippen molar-refractivity contribution in [2.45, 2.75) is 58.2 Å². The van der Waals surface area contributed by atoms with Gasteiger partial charge >= 0.3 is 0 Å². The lowest BCUT2D eigenvalue weighted by Gasteiger charge is -2.32. The number of nitrogens with zero attached hydrogens (tertiary/aromatic N) is 4. The zero-order chi connectivity index (χ0) is 28.4. The monoisotopic (exact) mass is 567 g/mol. The summed E-state index contributed by atoms with van der Waals surface area (Å²) in [7, 11) is 2.14. The first kappa shape index (κ1) is 28.7. The van der Waals surface area contributed by atoms with E-state index in [1.165, 1.54) is 0 Å². The lowest BCUT2D eigenvalue weighted by Crippen LogP contribution is -2.52. The molecule has 10 heteroatoms. The summed E-state index contributed by atoms with van der Waals surface area (Å²) >= 11 is 1.64. The van der Waals surface area contributed by atoms with Crippen molar-refractivity contribution in [2.24, 2.45) is 11.8 Å². The summed E-state index contributed by atoms with van der Waals surface area (Å²) in [5.41, 5.74) is 2.34. The first-order valence-corrected chi connectivity index (χ1v) is 15.4. The first-order chi connectivity index (χ1) is 19.2. The van der Waals surface area contributed by atoms with Crippen molar-refractivity contribution in [3.63, 3.8) is 0 Å². The fraction of sp³-hybridized carbons (Fsp3) is 0.600. The minimum Gasteiger partial charge on any atom is -0.367 e. The molecule has 216 valence electrons. The summed E-state index contributed by atoms with van der Waals surface area (Å²) in [4.78, 5) is 50.9. The molecule has 3 saturated heterocycles. The van der Waals surface area contributed by atoms with E-state index in [0.717, 1.165) is 55.4 Å². The maximum absolute atomic E-state index is 13.8. The van der Waals surface area contributed by atoms with E-state index in [-0.39, 0.29) is 42.1 Å². The Kier molecular flexibility index (Phi) is 8.87. The van der Waals surface area contributed by atoms with Crippen molar-refractivity contribution in [1.82, 2.24) is 20.1 Å². The van der Waals surface area contributed by atoms with Crippen LogP contribution in [0.15, 0.2) is 29.6 Å². The lowest BCUT2D eigenvalue weighted by atomic mass is 9.97. The summed E-state index contributed by atoms with van der Waals surface area (Å²) in [5.74, 6) is -0.186. The highest BCUT2D eigenvalue weighted by molar-refractivity contribution is 7.14. The SMILES string of the molecule is CCC[C@@H]1CN(C(=O)[C@H](CC(C)C)NC(=O)c2ccc(-c3csc(N4CCN(C)CC4)n3)cc2)[C@@H]2C(=O)CO[C@H]12. The molecule has 1 aromatic carbocycles. The number of anilines is 1. The van der Waals surface area contributed by atoms with Gasteiger partial charge in [0.25, 0.3) is 5.91 Å². The van der Waals surface area contributed by atoms with E-state index >= 15 is 0 Å². The van der Waals surface area contributed by atoms with Crippen LogP contribution >= 0.6 is 11.3 Å². The molecule has 1 aromatic heterocycles. The number of rotatable bonds is 9. The van der Waals surface area contributed by atoms with E-state index in [4.69, 9.17) is 9.72 Å². The van der Waals surface area contributed by atoms with Gasteiger partial charge in [-0.05, 0) is 37.9 Å². The Hall–Kier alpha value is -2.82. The van der Waals surface area contributed by atoms with Crippen molar-refractivity contribution in [1.29, 1.82) is 0 Å². The van der Waals surface area contributed by atoms with Gasteiger partial charge in [0.2, 0.25) is 5.91 Å². The van der Waals surface area contributed by atoms with Crippen LogP contribution in [0.5, 0.6) is 0 Å². The summed E-state index contributed by atoms with van der Waals surface area (Å²) in [6.45, 7) is 10.7. The first-order valence-electron chi connectivity index (χ1n) is 14.5. The number of likely N-dealkylation sites (N-methyl/N-ethyl adjacent to an activating group) is 1. The second-order valence-electron chi connectivity index (χ2n) is 11.8. The van der Waals surface area contributed by atoms with Crippen LogP contribution in [0.1, 0.15) is 50.4 Å². The summed E-state index contributed by atoms with van der Waals surface area (Å²) < 4.78 is 5.79. The molecule has 40 heavy (non-hydrogen) atoms. The van der Waals surface area contributed by atoms with E-state index in [9.17, 15) is 14.4 Å². The maximum Gasteiger partial charge on any atom is 0.251 e. The third kappa shape index (κ3) is 6.09. The molecule has 3 fully saturated rings. The normalized spacial score (nSPS) is 24.0. The fourth-order valence-electron chi connectivity index (χ4n) is 6.07. The molecule has 0 bridgehead atoms. The molecule has 0 saturated carbocycles. The van der Waals surface area contributed by atoms with Gasteiger partial charge in [-0.3, -0.25) is 14.4 Å². The number of aromatic nitrogens is 1. The average molecular weight is 568 g/mol. The molecule has 4 heterocycles. The average Bonchev–Trinajstić information content (AvgIpc) is 3.66. The molecule has 0 radical (unpaired) electrons. The number of fused-ring (bicyclic) bond motifs is 1. The number of thiazole rings is 1. The van der Waals surface area contributed by atoms with E-state index < -0.39 is 12.1 Å². The highest BCUT2D eigenvalue weighted by atomic mass is 32.1. The van der Waals surface area contributed by atoms with Crippen LogP contribution in [-0.2, 0) is 14.3 Å². The number of hydrogen-bond donors (Lipinski definition) is 1. The minimum absolute atomic E-state index is 0.0417. The summed E-state index contributed by atoms with van der Waals surface area (Å²) in [5, 5.41) is 6.07. The minimum atomic E-state index is -0.703. The molecule has 5 rings (SSSR count). The Morgan fingerprint density at radius 2 is 1.88 bits per heavy atom. The van der Waals surface area contributed by atoms with Crippen LogP contribution in [0.3, 0.4) is 0 Å². The number of benzene rings is 1. The molecule has 0 unspecified atom stereocenters. The van der Waals surface area contributed by atoms with Gasteiger partial charge in [-0.15, -0.1) is 11.3 Å². The predicted octanol–water partition coefficient (Wildman–Crippen LogP) is 3.30. The molecular formula is C30H41N5O4S. The number of piperazine rings is 1. The van der Waals surface area contributed by atoms with Gasteiger partial charge in [0.05, 0.1) is 11.8 Å². The summed E-state index contributed by atoms with van der Waals surface area (Å²) in [6.07, 6.45) is 2.13. The predicted molar refractivity (Wildman–Crippen MR) is 157 cm³/mol. The van der Waals surface area contributed by atoms with E-state index in [1.807, 2.05) is 26.0 Å². The number of likely N-dealkylation sites (tertiary alicyclic amines) is 1. The molecule has 4 atom stereocenters. The van der Waals surface area contributed by atoms with E-state index in [1.54, 1.807) is 28.4 Å². The van der Waals surface area contributed by atoms with Gasteiger partial charge in [0, 0.05) is 55.1 Å². The molecule has 0 spiro atoms. The highest BCUT2D eigenvalue weighted by Crippen LogP contribution is 2.35. The van der Waals surface area contributed by atoms with E-state index in [2.05, 4.69) is 34.5 Å². The zero-order valence-electron chi connectivity index (χ0n) is 24.0. The number of hydrogen-bond acceptors (Lipinski definition) is 8. The zero-order valence-corrected chi connectivity index (χ0v) is 24.8. The van der Waals surface area contributed by atoms with Gasteiger partial charge < -0.3 is 24.8 Å². The van der Waals surface area contributed by atoms with Gasteiger partial charge in [-0.25, -0.2) is 4.98 Å². The number of nitrogens with one attached hydrogen (secondary N) is 1. The number of ether oxygens (including phenoxy) is 1. The largest absolute Gasteiger partial charge is 0.367 e. The smallest absolute Gasteiger partial charge is 0.251 e. The van der Waals surface area contributed by atoms with Crippen molar-refractivity contribution in [2.75, 3.05) is 51.3 Å². The van der Waals surface area contributed by atoms with Crippen molar-refractivity contribution >= 4 is 34.1 Å². The second-order valence-corrected chi connectivity index (χ2v) is 12.6. The Morgan fingerprint density at radius 1 is 1.15 bits per heavy atom. The number of amides is 2. The highest BCUT2D eigenvalue weighted by Gasteiger charge is 2.52.